The first-order chi connectivity index (χ1) is 14.9. The van der Waals surface area contributed by atoms with Gasteiger partial charge in [0.1, 0.15) is 6.61 Å². The average molecular weight is 451 g/mol. The van der Waals surface area contributed by atoms with Gasteiger partial charge in [-0.25, -0.2) is 4.79 Å². The predicted octanol–water partition coefficient (Wildman–Crippen LogP) is 2.91. The molecule has 0 aliphatic carbocycles. The molecule has 1 aliphatic heterocycles. The molecule has 2 aromatic carbocycles. The molecule has 0 aromatic heterocycles. The Morgan fingerprint density at radius 2 is 1.58 bits per heavy atom. The Morgan fingerprint density at radius 1 is 1.03 bits per heavy atom. The number of carboxylic acids is 1. The van der Waals surface area contributed by atoms with E-state index in [1.807, 2.05) is 18.2 Å². The van der Waals surface area contributed by atoms with Gasteiger partial charge in [-0.3, -0.25) is 9.80 Å². The lowest BCUT2D eigenvalue weighted by atomic mass is 9.96. The summed E-state index contributed by atoms with van der Waals surface area (Å²) >= 11 is 6.08. The van der Waals surface area contributed by atoms with Crippen molar-refractivity contribution in [2.75, 3.05) is 45.9 Å². The van der Waals surface area contributed by atoms with Crippen LogP contribution in [-0.2, 0) is 9.53 Å². The summed E-state index contributed by atoms with van der Waals surface area (Å²) in [5.41, 5.74) is 2.52. The molecule has 0 radical (unpaired) electrons. The molecule has 3 rings (SSSR count). The molecule has 1 heterocycles. The fraction of sp³-hybridized carbons (Fsp3) is 0.381. The molecule has 168 valence electrons. The molecule has 1 fully saturated rings. The molecular weight excluding hydrogens is 426 g/mol. The van der Waals surface area contributed by atoms with Crippen LogP contribution < -0.4 is 0 Å². The molecular formula is C21H25ClN3O6-. The summed E-state index contributed by atoms with van der Waals surface area (Å²) in [5.74, 6) is -0.923. The molecule has 0 amide bonds. The van der Waals surface area contributed by atoms with Crippen LogP contribution in [0.1, 0.15) is 17.2 Å². The van der Waals surface area contributed by atoms with Crippen LogP contribution in [0.4, 0.5) is 0 Å². The van der Waals surface area contributed by atoms with Crippen LogP contribution in [0.3, 0.4) is 0 Å². The standard InChI is InChI=1S/C21H25ClN2O3.NO3/c22-19-8-6-18(7-9-19)21(17-4-2-1-3-5-17)24-12-10-23(11-13-24)14-15-27-16-20(25)26;2-1(3)4/h1-9,21H,10-16H2,(H,25,26);/q;-1. The van der Waals surface area contributed by atoms with E-state index in [1.165, 1.54) is 11.1 Å². The van der Waals surface area contributed by atoms with E-state index in [9.17, 15) is 4.79 Å². The highest BCUT2D eigenvalue weighted by atomic mass is 35.5. The van der Waals surface area contributed by atoms with Crippen LogP contribution >= 0.6 is 11.6 Å². The average Bonchev–Trinajstić information content (AvgIpc) is 2.74. The number of halogens is 1. The topological polar surface area (TPSA) is 119 Å². The summed E-state index contributed by atoms with van der Waals surface area (Å²) in [6, 6.07) is 18.8. The Kier molecular flexibility index (Phi) is 10.2. The summed E-state index contributed by atoms with van der Waals surface area (Å²) in [6.45, 7) is 4.75. The number of benzene rings is 2. The van der Waals surface area contributed by atoms with Gasteiger partial charge in [0.05, 0.1) is 17.7 Å². The zero-order valence-electron chi connectivity index (χ0n) is 16.9. The third-order valence-electron chi connectivity index (χ3n) is 4.85. The number of nitrogens with zero attached hydrogens (tertiary/aromatic N) is 3. The third kappa shape index (κ3) is 8.89. The number of hydrogen-bond donors (Lipinski definition) is 1. The second-order valence-electron chi connectivity index (χ2n) is 6.91. The van der Waals surface area contributed by atoms with E-state index in [0.29, 0.717) is 6.61 Å². The number of ether oxygens (including phenoxy) is 1. The zero-order valence-corrected chi connectivity index (χ0v) is 17.7. The second kappa shape index (κ2) is 12.9. The Bertz CT molecular complexity index is 810. The largest absolute Gasteiger partial charge is 0.480 e. The molecule has 0 bridgehead atoms. The Hall–Kier alpha value is -2.72. The van der Waals surface area contributed by atoms with Gasteiger partial charge in [0.25, 0.3) is 0 Å². The minimum absolute atomic E-state index is 0.203. The highest BCUT2D eigenvalue weighted by Crippen LogP contribution is 2.30. The SMILES string of the molecule is O=C(O)COCCN1CCN(C(c2ccccc2)c2ccc(Cl)cc2)CC1.O=[N+]([O-])[O-]. The molecule has 0 spiro atoms. The van der Waals surface area contributed by atoms with Gasteiger partial charge in [0, 0.05) is 37.7 Å². The third-order valence-corrected chi connectivity index (χ3v) is 5.10. The molecule has 1 saturated heterocycles. The molecule has 10 heteroatoms. The number of aliphatic carboxylic acids is 1. The molecule has 1 atom stereocenters. The van der Waals surface area contributed by atoms with Gasteiger partial charge >= 0.3 is 5.97 Å². The first-order valence-electron chi connectivity index (χ1n) is 9.74. The molecule has 2 aromatic rings. The Labute approximate surface area is 185 Å². The van der Waals surface area contributed by atoms with Gasteiger partial charge < -0.3 is 25.2 Å². The molecule has 9 nitrogen and oxygen atoms in total. The lowest BCUT2D eigenvalue weighted by Gasteiger charge is -2.39. The minimum Gasteiger partial charge on any atom is -0.480 e. The highest BCUT2D eigenvalue weighted by Gasteiger charge is 2.26. The van der Waals surface area contributed by atoms with Crippen molar-refractivity contribution in [1.29, 1.82) is 0 Å². The van der Waals surface area contributed by atoms with Crippen LogP contribution in [0.15, 0.2) is 54.6 Å². The number of hydrogen-bond acceptors (Lipinski definition) is 7. The fourth-order valence-electron chi connectivity index (χ4n) is 3.49. The van der Waals surface area contributed by atoms with E-state index in [1.54, 1.807) is 0 Å². The van der Waals surface area contributed by atoms with Gasteiger partial charge in [0.15, 0.2) is 0 Å². The number of rotatable bonds is 8. The van der Waals surface area contributed by atoms with Gasteiger partial charge in [-0.05, 0) is 23.3 Å². The maximum atomic E-state index is 10.5. The summed E-state index contributed by atoms with van der Waals surface area (Å²) in [7, 11) is 0. The van der Waals surface area contributed by atoms with Crippen molar-refractivity contribution in [3.05, 3.63) is 86.1 Å². The number of carboxylic acid groups (broad SMARTS) is 1. The molecule has 1 unspecified atom stereocenters. The molecule has 1 aliphatic rings. The van der Waals surface area contributed by atoms with Gasteiger partial charge in [-0.1, -0.05) is 54.1 Å². The Balaban J connectivity index is 0.000000785. The quantitative estimate of drug-likeness (QED) is 0.370. The zero-order chi connectivity index (χ0) is 22.6. The summed E-state index contributed by atoms with van der Waals surface area (Å²) in [6.07, 6.45) is 0. The van der Waals surface area contributed by atoms with E-state index in [-0.39, 0.29) is 12.6 Å². The predicted molar refractivity (Wildman–Crippen MR) is 117 cm³/mol. The van der Waals surface area contributed by atoms with Crippen molar-refractivity contribution in [2.24, 2.45) is 0 Å². The van der Waals surface area contributed by atoms with Crippen LogP contribution in [0.2, 0.25) is 5.02 Å². The lowest BCUT2D eigenvalue weighted by Crippen LogP contribution is -2.48. The summed E-state index contributed by atoms with van der Waals surface area (Å²) in [4.78, 5) is 23.6. The molecule has 1 N–H and O–H groups in total. The Morgan fingerprint density at radius 3 is 2.13 bits per heavy atom. The second-order valence-corrected chi connectivity index (χ2v) is 7.35. The van der Waals surface area contributed by atoms with Crippen molar-refractivity contribution in [3.8, 4) is 0 Å². The first-order valence-corrected chi connectivity index (χ1v) is 10.1. The van der Waals surface area contributed by atoms with Crippen LogP contribution in [0, 0.1) is 15.3 Å². The maximum Gasteiger partial charge on any atom is 0.329 e. The number of carbonyl (C=O) groups is 1. The number of piperazine rings is 1. The van der Waals surface area contributed by atoms with E-state index >= 15 is 0 Å². The van der Waals surface area contributed by atoms with Gasteiger partial charge in [-0.15, -0.1) is 0 Å². The van der Waals surface area contributed by atoms with Gasteiger partial charge in [-0.2, -0.15) is 0 Å². The molecule has 0 saturated carbocycles. The normalized spacial score (nSPS) is 15.5. The van der Waals surface area contributed by atoms with E-state index in [0.717, 1.165) is 37.7 Å². The van der Waals surface area contributed by atoms with E-state index in [2.05, 4.69) is 46.2 Å². The van der Waals surface area contributed by atoms with Crippen LogP contribution in [-0.4, -0.2) is 71.9 Å². The molecule has 31 heavy (non-hydrogen) atoms. The minimum atomic E-state index is -1.75. The summed E-state index contributed by atoms with van der Waals surface area (Å²) < 4.78 is 5.15. The monoisotopic (exact) mass is 450 g/mol. The van der Waals surface area contributed by atoms with Gasteiger partial charge in [0.2, 0.25) is 0 Å². The van der Waals surface area contributed by atoms with E-state index < -0.39 is 11.1 Å². The van der Waals surface area contributed by atoms with Crippen molar-refractivity contribution < 1.29 is 19.7 Å². The van der Waals surface area contributed by atoms with Crippen LogP contribution in [0.25, 0.3) is 0 Å². The summed E-state index contributed by atoms with van der Waals surface area (Å²) in [5, 5.41) is 24.1. The fourth-order valence-corrected chi connectivity index (χ4v) is 3.62. The van der Waals surface area contributed by atoms with Crippen molar-refractivity contribution in [2.45, 2.75) is 6.04 Å². The van der Waals surface area contributed by atoms with Crippen molar-refractivity contribution in [3.63, 3.8) is 0 Å². The van der Waals surface area contributed by atoms with E-state index in [4.69, 9.17) is 36.8 Å². The lowest BCUT2D eigenvalue weighted by molar-refractivity contribution is -0.402. The maximum absolute atomic E-state index is 10.5. The smallest absolute Gasteiger partial charge is 0.329 e. The van der Waals surface area contributed by atoms with Crippen molar-refractivity contribution in [1.82, 2.24) is 9.80 Å². The van der Waals surface area contributed by atoms with Crippen LogP contribution in [0.5, 0.6) is 0 Å². The van der Waals surface area contributed by atoms with Crippen molar-refractivity contribution >= 4 is 17.6 Å². The highest BCUT2D eigenvalue weighted by molar-refractivity contribution is 6.30. The first kappa shape index (κ1) is 24.5.